The number of hydrogen-bond donors (Lipinski definition) is 2. The molecule has 0 radical (unpaired) electrons. The van der Waals surface area contributed by atoms with Crippen LogP contribution in [0.3, 0.4) is 0 Å². The molecule has 1 aliphatic heterocycles. The minimum atomic E-state index is -0.553. The highest BCUT2D eigenvalue weighted by Gasteiger charge is 2.35. The number of nitrogens with one attached hydrogen (secondary N) is 1. The molecule has 0 aromatic heterocycles. The Balaban J connectivity index is 2.38. The smallest absolute Gasteiger partial charge is 0.0818 e. The molecule has 2 unspecified atom stereocenters. The molecular formula is C12H25NO2. The van der Waals surface area contributed by atoms with Crippen LogP contribution in [0.5, 0.6) is 0 Å². The van der Waals surface area contributed by atoms with Crippen molar-refractivity contribution in [1.82, 2.24) is 5.32 Å². The van der Waals surface area contributed by atoms with Gasteiger partial charge in [-0.3, -0.25) is 0 Å². The van der Waals surface area contributed by atoms with E-state index in [1.807, 2.05) is 0 Å². The van der Waals surface area contributed by atoms with Crippen molar-refractivity contribution in [1.29, 1.82) is 0 Å². The van der Waals surface area contributed by atoms with E-state index >= 15 is 0 Å². The van der Waals surface area contributed by atoms with E-state index in [1.54, 1.807) is 0 Å². The van der Waals surface area contributed by atoms with Gasteiger partial charge in [0.2, 0.25) is 0 Å². The van der Waals surface area contributed by atoms with Crippen LogP contribution in [0.4, 0.5) is 0 Å². The molecular weight excluding hydrogens is 190 g/mol. The fourth-order valence-electron chi connectivity index (χ4n) is 2.02. The summed E-state index contributed by atoms with van der Waals surface area (Å²) in [6.07, 6.45) is 2.85. The molecule has 0 saturated carbocycles. The maximum Gasteiger partial charge on any atom is 0.0818 e. The highest BCUT2D eigenvalue weighted by molar-refractivity contribution is 4.88. The van der Waals surface area contributed by atoms with E-state index in [4.69, 9.17) is 4.74 Å². The Morgan fingerprint density at radius 2 is 2.27 bits per heavy atom. The Morgan fingerprint density at radius 3 is 2.87 bits per heavy atom. The van der Waals surface area contributed by atoms with Crippen LogP contribution in [0.2, 0.25) is 0 Å². The van der Waals surface area contributed by atoms with Crippen LogP contribution in [-0.4, -0.2) is 36.5 Å². The van der Waals surface area contributed by atoms with Crippen molar-refractivity contribution in [2.24, 2.45) is 5.92 Å². The van der Waals surface area contributed by atoms with Crippen molar-refractivity contribution in [2.75, 3.05) is 19.7 Å². The fraction of sp³-hybridized carbons (Fsp3) is 1.00. The lowest BCUT2D eigenvalue weighted by atomic mass is 9.86. The van der Waals surface area contributed by atoms with Crippen LogP contribution in [0.15, 0.2) is 0 Å². The zero-order chi connectivity index (χ0) is 11.3. The van der Waals surface area contributed by atoms with Gasteiger partial charge in [-0.1, -0.05) is 20.8 Å². The van der Waals surface area contributed by atoms with Gasteiger partial charge >= 0.3 is 0 Å². The van der Waals surface area contributed by atoms with Crippen LogP contribution in [-0.2, 0) is 4.74 Å². The maximum atomic E-state index is 10.4. The first kappa shape index (κ1) is 12.9. The summed E-state index contributed by atoms with van der Waals surface area (Å²) in [6.45, 7) is 8.81. The van der Waals surface area contributed by atoms with Crippen LogP contribution in [0, 0.1) is 5.92 Å². The summed E-state index contributed by atoms with van der Waals surface area (Å²) in [5, 5.41) is 13.7. The molecule has 15 heavy (non-hydrogen) atoms. The first-order chi connectivity index (χ1) is 7.07. The van der Waals surface area contributed by atoms with Gasteiger partial charge in [-0.05, 0) is 18.9 Å². The molecule has 90 valence electrons. The van der Waals surface area contributed by atoms with Gasteiger partial charge in [0.05, 0.1) is 11.7 Å². The minimum Gasteiger partial charge on any atom is -0.388 e. The molecule has 0 aromatic rings. The summed E-state index contributed by atoms with van der Waals surface area (Å²) in [7, 11) is 0. The standard InChI is InChI=1S/C12H25NO2/c1-4-6-13-9-12(14)5-7-15-11(8-12)10(2)3/h10-11,13-14H,4-9H2,1-3H3. The predicted octanol–water partition coefficient (Wildman–Crippen LogP) is 1.55. The van der Waals surface area contributed by atoms with Crippen molar-refractivity contribution in [3.8, 4) is 0 Å². The van der Waals surface area contributed by atoms with Crippen LogP contribution < -0.4 is 5.32 Å². The molecule has 0 aromatic carbocycles. The predicted molar refractivity (Wildman–Crippen MR) is 61.9 cm³/mol. The third-order valence-corrected chi connectivity index (χ3v) is 3.10. The van der Waals surface area contributed by atoms with E-state index in [2.05, 4.69) is 26.1 Å². The average Bonchev–Trinajstić information content (AvgIpc) is 2.18. The Labute approximate surface area is 93.2 Å². The molecule has 0 spiro atoms. The number of ether oxygens (including phenoxy) is 1. The van der Waals surface area contributed by atoms with Crippen molar-refractivity contribution >= 4 is 0 Å². The van der Waals surface area contributed by atoms with Crippen molar-refractivity contribution in [3.63, 3.8) is 0 Å². The molecule has 0 bridgehead atoms. The number of hydrogen-bond acceptors (Lipinski definition) is 3. The summed E-state index contributed by atoms with van der Waals surface area (Å²) in [5.74, 6) is 0.489. The van der Waals surface area contributed by atoms with E-state index in [9.17, 15) is 5.11 Å². The number of aliphatic hydroxyl groups is 1. The van der Waals surface area contributed by atoms with E-state index < -0.39 is 5.60 Å². The van der Waals surface area contributed by atoms with Crippen molar-refractivity contribution < 1.29 is 9.84 Å². The summed E-state index contributed by atoms with van der Waals surface area (Å²) >= 11 is 0. The van der Waals surface area contributed by atoms with Gasteiger partial charge in [-0.2, -0.15) is 0 Å². The molecule has 0 amide bonds. The zero-order valence-corrected chi connectivity index (χ0v) is 10.3. The molecule has 3 nitrogen and oxygen atoms in total. The largest absolute Gasteiger partial charge is 0.388 e. The highest BCUT2D eigenvalue weighted by Crippen LogP contribution is 2.27. The highest BCUT2D eigenvalue weighted by atomic mass is 16.5. The van der Waals surface area contributed by atoms with E-state index in [1.165, 1.54) is 0 Å². The Kier molecular flexibility index (Phi) is 5.03. The first-order valence-corrected chi connectivity index (χ1v) is 6.12. The molecule has 2 atom stereocenters. The van der Waals surface area contributed by atoms with Crippen molar-refractivity contribution in [2.45, 2.75) is 51.7 Å². The third kappa shape index (κ3) is 4.09. The third-order valence-electron chi connectivity index (χ3n) is 3.10. The van der Waals surface area contributed by atoms with Gasteiger partial charge in [-0.25, -0.2) is 0 Å². The second-order valence-corrected chi connectivity index (χ2v) is 5.01. The van der Waals surface area contributed by atoms with Gasteiger partial charge in [-0.15, -0.1) is 0 Å². The molecule has 1 aliphatic rings. The van der Waals surface area contributed by atoms with E-state index in [0.717, 1.165) is 25.8 Å². The van der Waals surface area contributed by atoms with Gasteiger partial charge in [0.25, 0.3) is 0 Å². The van der Waals surface area contributed by atoms with Gasteiger partial charge in [0.15, 0.2) is 0 Å². The Bertz CT molecular complexity index is 184. The Morgan fingerprint density at radius 1 is 1.53 bits per heavy atom. The average molecular weight is 215 g/mol. The lowest BCUT2D eigenvalue weighted by molar-refractivity contribution is -0.115. The summed E-state index contributed by atoms with van der Waals surface area (Å²) in [5.41, 5.74) is -0.553. The van der Waals surface area contributed by atoms with E-state index in [-0.39, 0.29) is 6.10 Å². The SMILES string of the molecule is CCCNCC1(O)CCOC(C(C)C)C1. The molecule has 2 N–H and O–H groups in total. The van der Waals surface area contributed by atoms with Gasteiger partial charge in [0, 0.05) is 26.0 Å². The topological polar surface area (TPSA) is 41.5 Å². The normalized spacial score (nSPS) is 32.2. The minimum absolute atomic E-state index is 0.215. The summed E-state index contributed by atoms with van der Waals surface area (Å²) < 4.78 is 5.65. The van der Waals surface area contributed by atoms with Crippen LogP contribution in [0.1, 0.15) is 40.0 Å². The molecule has 3 heteroatoms. The van der Waals surface area contributed by atoms with Crippen LogP contribution in [0.25, 0.3) is 0 Å². The molecule has 1 heterocycles. The number of rotatable bonds is 5. The second-order valence-electron chi connectivity index (χ2n) is 5.01. The zero-order valence-electron chi connectivity index (χ0n) is 10.3. The Hall–Kier alpha value is -0.120. The van der Waals surface area contributed by atoms with Gasteiger partial charge in [0.1, 0.15) is 0 Å². The monoisotopic (exact) mass is 215 g/mol. The first-order valence-electron chi connectivity index (χ1n) is 6.12. The molecule has 1 fully saturated rings. The summed E-state index contributed by atoms with van der Waals surface area (Å²) in [4.78, 5) is 0. The van der Waals surface area contributed by atoms with Crippen LogP contribution >= 0.6 is 0 Å². The summed E-state index contributed by atoms with van der Waals surface area (Å²) in [6, 6.07) is 0. The lowest BCUT2D eigenvalue weighted by Gasteiger charge is -2.38. The molecule has 1 rings (SSSR count). The quantitative estimate of drug-likeness (QED) is 0.684. The second kappa shape index (κ2) is 5.83. The molecule has 0 aliphatic carbocycles. The fourth-order valence-corrected chi connectivity index (χ4v) is 2.02. The van der Waals surface area contributed by atoms with Crippen molar-refractivity contribution in [3.05, 3.63) is 0 Å². The van der Waals surface area contributed by atoms with Gasteiger partial charge < -0.3 is 15.2 Å². The molecule has 1 saturated heterocycles. The lowest BCUT2D eigenvalue weighted by Crippen LogP contribution is -2.49. The maximum absolute atomic E-state index is 10.4. The van der Waals surface area contributed by atoms with E-state index in [0.29, 0.717) is 19.1 Å².